The third kappa shape index (κ3) is 3.27. The Labute approximate surface area is 122 Å². The Morgan fingerprint density at radius 2 is 1.79 bits per heavy atom. The first-order chi connectivity index (χ1) is 8.99. The van der Waals surface area contributed by atoms with Crippen molar-refractivity contribution in [2.75, 3.05) is 0 Å². The number of benzene rings is 2. The van der Waals surface area contributed by atoms with Crippen molar-refractivity contribution in [3.63, 3.8) is 0 Å². The molecule has 0 saturated heterocycles. The summed E-state index contributed by atoms with van der Waals surface area (Å²) in [6.45, 7) is 1.72. The van der Waals surface area contributed by atoms with Crippen LogP contribution < -0.4 is 5.73 Å². The summed E-state index contributed by atoms with van der Waals surface area (Å²) >= 11 is 12.2. The molecular weight excluding hydrogens is 284 g/mol. The van der Waals surface area contributed by atoms with Gasteiger partial charge in [-0.05, 0) is 48.2 Å². The zero-order valence-electron chi connectivity index (χ0n) is 10.5. The van der Waals surface area contributed by atoms with E-state index in [0.29, 0.717) is 22.0 Å². The molecule has 1 nitrogen and oxygen atoms in total. The molecular formula is C15H14Cl2FN. The van der Waals surface area contributed by atoms with Gasteiger partial charge in [0.15, 0.2) is 0 Å². The molecule has 100 valence electrons. The predicted octanol–water partition coefficient (Wildman–Crippen LogP) is 4.68. The van der Waals surface area contributed by atoms with E-state index >= 15 is 0 Å². The van der Waals surface area contributed by atoms with E-state index in [1.807, 2.05) is 6.07 Å². The molecule has 1 atom stereocenters. The summed E-state index contributed by atoms with van der Waals surface area (Å²) < 4.78 is 13.5. The fourth-order valence-corrected chi connectivity index (χ4v) is 2.46. The molecule has 0 aromatic heterocycles. The molecule has 0 spiro atoms. The molecule has 4 heteroatoms. The van der Waals surface area contributed by atoms with E-state index in [9.17, 15) is 4.39 Å². The van der Waals surface area contributed by atoms with Crippen molar-refractivity contribution in [3.05, 3.63) is 69.0 Å². The SMILES string of the molecule is Cc1ccc(C(N)Cc2c(Cl)cccc2Cl)cc1F. The maximum Gasteiger partial charge on any atom is 0.126 e. The molecule has 1 unspecified atom stereocenters. The van der Waals surface area contributed by atoms with Crippen LogP contribution in [0.1, 0.15) is 22.7 Å². The number of hydrogen-bond donors (Lipinski definition) is 1. The van der Waals surface area contributed by atoms with Crippen molar-refractivity contribution in [2.24, 2.45) is 5.73 Å². The van der Waals surface area contributed by atoms with Crippen LogP contribution in [-0.2, 0) is 6.42 Å². The molecule has 0 amide bonds. The summed E-state index contributed by atoms with van der Waals surface area (Å²) in [4.78, 5) is 0. The van der Waals surface area contributed by atoms with E-state index in [1.165, 1.54) is 6.07 Å². The molecule has 2 aromatic rings. The van der Waals surface area contributed by atoms with Gasteiger partial charge in [0.05, 0.1) is 0 Å². The minimum Gasteiger partial charge on any atom is -0.324 e. The Morgan fingerprint density at radius 1 is 1.16 bits per heavy atom. The van der Waals surface area contributed by atoms with Crippen LogP contribution >= 0.6 is 23.2 Å². The first kappa shape index (κ1) is 14.3. The standard InChI is InChI=1S/C15H14Cl2FN/c1-9-5-6-10(7-14(9)18)15(19)8-11-12(16)3-2-4-13(11)17/h2-7,15H,8,19H2,1H3. The van der Waals surface area contributed by atoms with E-state index in [1.54, 1.807) is 31.2 Å². The zero-order valence-corrected chi connectivity index (χ0v) is 12.0. The highest BCUT2D eigenvalue weighted by Crippen LogP contribution is 2.28. The fraction of sp³-hybridized carbons (Fsp3) is 0.200. The molecule has 0 aliphatic carbocycles. The quantitative estimate of drug-likeness (QED) is 0.874. The van der Waals surface area contributed by atoms with Gasteiger partial charge in [-0.15, -0.1) is 0 Å². The van der Waals surface area contributed by atoms with Crippen LogP contribution in [0.2, 0.25) is 10.0 Å². The lowest BCUT2D eigenvalue weighted by molar-refractivity contribution is 0.610. The van der Waals surface area contributed by atoms with Crippen molar-refractivity contribution in [2.45, 2.75) is 19.4 Å². The first-order valence-corrected chi connectivity index (χ1v) is 6.69. The normalized spacial score (nSPS) is 12.5. The fourth-order valence-electron chi connectivity index (χ4n) is 1.90. The molecule has 0 heterocycles. The highest BCUT2D eigenvalue weighted by atomic mass is 35.5. The van der Waals surface area contributed by atoms with E-state index in [2.05, 4.69) is 0 Å². The van der Waals surface area contributed by atoms with Crippen LogP contribution in [0, 0.1) is 12.7 Å². The van der Waals surface area contributed by atoms with Crippen LogP contribution in [0.15, 0.2) is 36.4 Å². The Morgan fingerprint density at radius 3 is 2.37 bits per heavy atom. The van der Waals surface area contributed by atoms with Gasteiger partial charge in [0.1, 0.15) is 5.82 Å². The van der Waals surface area contributed by atoms with Gasteiger partial charge in [-0.3, -0.25) is 0 Å². The van der Waals surface area contributed by atoms with Gasteiger partial charge in [0.2, 0.25) is 0 Å². The lowest BCUT2D eigenvalue weighted by Gasteiger charge is -2.15. The molecule has 19 heavy (non-hydrogen) atoms. The molecule has 0 aliphatic rings. The van der Waals surface area contributed by atoms with Crippen LogP contribution in [0.3, 0.4) is 0 Å². The molecule has 0 fully saturated rings. The Balaban J connectivity index is 2.25. The highest BCUT2D eigenvalue weighted by Gasteiger charge is 2.13. The lowest BCUT2D eigenvalue weighted by atomic mass is 9.98. The zero-order chi connectivity index (χ0) is 14.0. The number of aryl methyl sites for hydroxylation is 1. The Bertz CT molecular complexity index is 578. The lowest BCUT2D eigenvalue weighted by Crippen LogP contribution is -2.14. The second kappa shape index (κ2) is 5.91. The number of hydrogen-bond acceptors (Lipinski definition) is 1. The summed E-state index contributed by atoms with van der Waals surface area (Å²) in [6, 6.07) is 9.99. The molecule has 2 aromatic carbocycles. The van der Waals surface area contributed by atoms with Crippen molar-refractivity contribution in [1.82, 2.24) is 0 Å². The van der Waals surface area contributed by atoms with Crippen molar-refractivity contribution in [3.8, 4) is 0 Å². The largest absolute Gasteiger partial charge is 0.324 e. The van der Waals surface area contributed by atoms with Crippen LogP contribution in [0.25, 0.3) is 0 Å². The van der Waals surface area contributed by atoms with E-state index < -0.39 is 0 Å². The summed E-state index contributed by atoms with van der Waals surface area (Å²) in [5.41, 5.74) is 8.23. The van der Waals surface area contributed by atoms with E-state index in [-0.39, 0.29) is 11.9 Å². The van der Waals surface area contributed by atoms with E-state index in [4.69, 9.17) is 28.9 Å². The third-order valence-corrected chi connectivity index (χ3v) is 3.82. The number of halogens is 3. The first-order valence-electron chi connectivity index (χ1n) is 5.93. The topological polar surface area (TPSA) is 26.0 Å². The third-order valence-electron chi connectivity index (χ3n) is 3.11. The predicted molar refractivity (Wildman–Crippen MR) is 78.2 cm³/mol. The smallest absolute Gasteiger partial charge is 0.126 e. The second-order valence-electron chi connectivity index (χ2n) is 4.52. The van der Waals surface area contributed by atoms with Gasteiger partial charge in [0.25, 0.3) is 0 Å². The molecule has 0 radical (unpaired) electrons. The minimum atomic E-state index is -0.340. The monoisotopic (exact) mass is 297 g/mol. The van der Waals surface area contributed by atoms with Crippen molar-refractivity contribution >= 4 is 23.2 Å². The summed E-state index contributed by atoms with van der Waals surface area (Å²) in [5, 5.41) is 1.16. The molecule has 0 aliphatic heterocycles. The van der Waals surface area contributed by atoms with Crippen molar-refractivity contribution < 1.29 is 4.39 Å². The summed E-state index contributed by atoms with van der Waals surface area (Å²) in [7, 11) is 0. The van der Waals surface area contributed by atoms with Gasteiger partial charge < -0.3 is 5.73 Å². The molecule has 0 bridgehead atoms. The maximum atomic E-state index is 13.5. The average molecular weight is 298 g/mol. The maximum absolute atomic E-state index is 13.5. The number of nitrogens with two attached hydrogens (primary N) is 1. The van der Waals surface area contributed by atoms with Gasteiger partial charge in [-0.25, -0.2) is 4.39 Å². The van der Waals surface area contributed by atoms with Gasteiger partial charge in [-0.2, -0.15) is 0 Å². The van der Waals surface area contributed by atoms with Gasteiger partial charge in [0, 0.05) is 16.1 Å². The second-order valence-corrected chi connectivity index (χ2v) is 5.33. The van der Waals surface area contributed by atoms with Crippen LogP contribution in [0.5, 0.6) is 0 Å². The van der Waals surface area contributed by atoms with Gasteiger partial charge >= 0.3 is 0 Å². The van der Waals surface area contributed by atoms with Crippen molar-refractivity contribution in [1.29, 1.82) is 0 Å². The van der Waals surface area contributed by atoms with Crippen LogP contribution in [0.4, 0.5) is 4.39 Å². The Hall–Kier alpha value is -1.09. The summed E-state index contributed by atoms with van der Waals surface area (Å²) in [6.07, 6.45) is 0.473. The van der Waals surface area contributed by atoms with Crippen LogP contribution in [-0.4, -0.2) is 0 Å². The average Bonchev–Trinajstić information content (AvgIpc) is 2.37. The highest BCUT2D eigenvalue weighted by molar-refractivity contribution is 6.36. The minimum absolute atomic E-state index is 0.252. The van der Waals surface area contributed by atoms with E-state index in [0.717, 1.165) is 11.1 Å². The number of rotatable bonds is 3. The molecule has 2 N–H and O–H groups in total. The van der Waals surface area contributed by atoms with Gasteiger partial charge in [-0.1, -0.05) is 41.4 Å². The molecule has 0 saturated carbocycles. The molecule has 2 rings (SSSR count). The Kier molecular flexibility index (Phi) is 4.46. The summed E-state index contributed by atoms with van der Waals surface area (Å²) in [5.74, 6) is -0.252.